The zero-order valence-electron chi connectivity index (χ0n) is 12.7. The van der Waals surface area contributed by atoms with Crippen molar-refractivity contribution in [3.8, 4) is 6.07 Å². The second-order valence-electron chi connectivity index (χ2n) is 5.19. The minimum atomic E-state index is -0.166. The standard InChI is InChI=1S/C20H15NO2/c1-2-16-17-8-3-4-9-19(17)23-20(16)18(22)11-10-14-6-5-7-15(12-14)13-21/h3-12H,2H2,1H3. The third-order valence-corrected chi connectivity index (χ3v) is 3.72. The van der Waals surface area contributed by atoms with Gasteiger partial charge in [-0.1, -0.05) is 43.3 Å². The molecule has 0 saturated carbocycles. The Hall–Kier alpha value is -3.12. The predicted octanol–water partition coefficient (Wildman–Crippen LogP) is 4.76. The fourth-order valence-corrected chi connectivity index (χ4v) is 2.61. The number of fused-ring (bicyclic) bond motifs is 1. The van der Waals surface area contributed by atoms with Crippen LogP contribution in [0.25, 0.3) is 17.0 Å². The van der Waals surface area contributed by atoms with Gasteiger partial charge >= 0.3 is 0 Å². The third-order valence-electron chi connectivity index (χ3n) is 3.72. The van der Waals surface area contributed by atoms with E-state index in [2.05, 4.69) is 6.07 Å². The molecule has 1 aromatic heterocycles. The van der Waals surface area contributed by atoms with Crippen LogP contribution in [0.4, 0.5) is 0 Å². The van der Waals surface area contributed by atoms with Gasteiger partial charge in [-0.25, -0.2) is 0 Å². The Morgan fingerprint density at radius 1 is 1.22 bits per heavy atom. The molecule has 0 amide bonds. The van der Waals surface area contributed by atoms with E-state index >= 15 is 0 Å². The van der Waals surface area contributed by atoms with E-state index in [-0.39, 0.29) is 5.78 Å². The van der Waals surface area contributed by atoms with Crippen molar-refractivity contribution in [1.82, 2.24) is 0 Å². The quantitative estimate of drug-likeness (QED) is 0.515. The van der Waals surface area contributed by atoms with E-state index in [1.54, 1.807) is 24.3 Å². The lowest BCUT2D eigenvalue weighted by atomic mass is 10.1. The average molecular weight is 301 g/mol. The molecule has 0 N–H and O–H groups in total. The van der Waals surface area contributed by atoms with Gasteiger partial charge in [-0.3, -0.25) is 4.79 Å². The first-order chi connectivity index (χ1) is 11.2. The zero-order valence-corrected chi connectivity index (χ0v) is 12.7. The van der Waals surface area contributed by atoms with Gasteiger partial charge < -0.3 is 4.42 Å². The second-order valence-corrected chi connectivity index (χ2v) is 5.19. The van der Waals surface area contributed by atoms with Gasteiger partial charge in [0, 0.05) is 10.9 Å². The molecule has 3 heteroatoms. The first-order valence-corrected chi connectivity index (χ1v) is 7.46. The molecule has 3 rings (SSSR count). The van der Waals surface area contributed by atoms with Crippen molar-refractivity contribution in [2.24, 2.45) is 0 Å². The molecule has 0 aliphatic rings. The average Bonchev–Trinajstić information content (AvgIpc) is 2.98. The van der Waals surface area contributed by atoms with Crippen molar-refractivity contribution in [3.05, 3.63) is 77.1 Å². The topological polar surface area (TPSA) is 54.0 Å². The van der Waals surface area contributed by atoms with Gasteiger partial charge in [0.05, 0.1) is 11.6 Å². The van der Waals surface area contributed by atoms with Crippen LogP contribution in [0.1, 0.15) is 34.2 Å². The Kier molecular flexibility index (Phi) is 4.07. The summed E-state index contributed by atoms with van der Waals surface area (Å²) in [5.41, 5.74) is 3.04. The van der Waals surface area contributed by atoms with Gasteiger partial charge in [-0.05, 0) is 36.3 Å². The molecule has 0 spiro atoms. The molecule has 1 heterocycles. The van der Waals surface area contributed by atoms with Crippen LogP contribution >= 0.6 is 0 Å². The van der Waals surface area contributed by atoms with Crippen LogP contribution in [0.15, 0.2) is 59.0 Å². The number of furan rings is 1. The fourth-order valence-electron chi connectivity index (χ4n) is 2.61. The first kappa shape index (κ1) is 14.8. The van der Waals surface area contributed by atoms with Gasteiger partial charge in [0.15, 0.2) is 5.76 Å². The van der Waals surface area contributed by atoms with E-state index in [1.807, 2.05) is 37.3 Å². The van der Waals surface area contributed by atoms with Crippen LogP contribution in [0, 0.1) is 11.3 Å². The molecule has 3 aromatic rings. The summed E-state index contributed by atoms with van der Waals surface area (Å²) in [6.07, 6.45) is 3.93. The number of nitrogens with zero attached hydrogens (tertiary/aromatic N) is 1. The Morgan fingerprint density at radius 3 is 2.83 bits per heavy atom. The number of nitriles is 1. The molecule has 3 nitrogen and oxygen atoms in total. The summed E-state index contributed by atoms with van der Waals surface area (Å²) in [5.74, 6) is 0.224. The van der Waals surface area contributed by atoms with Gasteiger partial charge in [0.1, 0.15) is 5.58 Å². The minimum absolute atomic E-state index is 0.166. The highest BCUT2D eigenvalue weighted by Gasteiger charge is 2.16. The van der Waals surface area contributed by atoms with Crippen molar-refractivity contribution in [1.29, 1.82) is 5.26 Å². The maximum Gasteiger partial charge on any atom is 0.221 e. The zero-order chi connectivity index (χ0) is 16.2. The lowest BCUT2D eigenvalue weighted by Crippen LogP contribution is -1.96. The summed E-state index contributed by atoms with van der Waals surface area (Å²) in [7, 11) is 0. The van der Waals surface area contributed by atoms with E-state index in [1.165, 1.54) is 6.08 Å². The van der Waals surface area contributed by atoms with Crippen molar-refractivity contribution >= 4 is 22.8 Å². The number of aryl methyl sites for hydroxylation is 1. The predicted molar refractivity (Wildman–Crippen MR) is 90.1 cm³/mol. The number of allylic oxidation sites excluding steroid dienone is 1. The minimum Gasteiger partial charge on any atom is -0.452 e. The summed E-state index contributed by atoms with van der Waals surface area (Å²) in [5, 5.41) is 9.89. The fraction of sp³-hybridized carbons (Fsp3) is 0.100. The normalized spacial score (nSPS) is 11.0. The molecular formula is C20H15NO2. The molecule has 0 unspecified atom stereocenters. The molecule has 0 fully saturated rings. The highest BCUT2D eigenvalue weighted by Crippen LogP contribution is 2.27. The van der Waals surface area contributed by atoms with Gasteiger partial charge in [-0.2, -0.15) is 5.26 Å². The van der Waals surface area contributed by atoms with Gasteiger partial charge in [0.2, 0.25) is 5.78 Å². The van der Waals surface area contributed by atoms with Crippen molar-refractivity contribution < 1.29 is 9.21 Å². The van der Waals surface area contributed by atoms with Crippen molar-refractivity contribution in [3.63, 3.8) is 0 Å². The van der Waals surface area contributed by atoms with E-state index in [9.17, 15) is 4.79 Å². The molecule has 0 aliphatic heterocycles. The van der Waals surface area contributed by atoms with E-state index in [0.29, 0.717) is 11.3 Å². The maximum absolute atomic E-state index is 12.5. The SMILES string of the molecule is CCc1c(C(=O)C=Cc2cccc(C#N)c2)oc2ccccc12. The van der Waals surface area contributed by atoms with E-state index in [4.69, 9.17) is 9.68 Å². The van der Waals surface area contributed by atoms with Crippen LogP contribution in [0.2, 0.25) is 0 Å². The van der Waals surface area contributed by atoms with Crippen molar-refractivity contribution in [2.75, 3.05) is 0 Å². The smallest absolute Gasteiger partial charge is 0.221 e. The second kappa shape index (κ2) is 6.33. The first-order valence-electron chi connectivity index (χ1n) is 7.46. The number of ketones is 1. The third kappa shape index (κ3) is 2.93. The number of carbonyl (C=O) groups is 1. The Labute approximate surface area is 134 Å². The Balaban J connectivity index is 1.94. The molecular weight excluding hydrogens is 286 g/mol. The van der Waals surface area contributed by atoms with Gasteiger partial charge in [0.25, 0.3) is 0 Å². The lowest BCUT2D eigenvalue weighted by molar-refractivity contribution is 0.102. The van der Waals surface area contributed by atoms with E-state index in [0.717, 1.165) is 28.5 Å². The number of benzene rings is 2. The van der Waals surface area contributed by atoms with Crippen LogP contribution in [0.3, 0.4) is 0 Å². The molecule has 112 valence electrons. The van der Waals surface area contributed by atoms with E-state index < -0.39 is 0 Å². The van der Waals surface area contributed by atoms with Crippen LogP contribution < -0.4 is 0 Å². The molecule has 0 aliphatic carbocycles. The highest BCUT2D eigenvalue weighted by molar-refractivity contribution is 6.08. The molecule has 2 aromatic carbocycles. The monoisotopic (exact) mass is 301 g/mol. The molecule has 23 heavy (non-hydrogen) atoms. The van der Waals surface area contributed by atoms with Crippen molar-refractivity contribution in [2.45, 2.75) is 13.3 Å². The Bertz CT molecular complexity index is 942. The lowest BCUT2D eigenvalue weighted by Gasteiger charge is -1.96. The van der Waals surface area contributed by atoms with Crippen LogP contribution in [0.5, 0.6) is 0 Å². The maximum atomic E-state index is 12.5. The number of hydrogen-bond donors (Lipinski definition) is 0. The number of rotatable bonds is 4. The summed E-state index contributed by atoms with van der Waals surface area (Å²) in [6, 6.07) is 16.9. The molecule has 0 radical (unpaired) electrons. The number of para-hydroxylation sites is 1. The summed E-state index contributed by atoms with van der Waals surface area (Å²) >= 11 is 0. The Morgan fingerprint density at radius 2 is 2.04 bits per heavy atom. The van der Waals surface area contributed by atoms with Crippen LogP contribution in [-0.2, 0) is 6.42 Å². The van der Waals surface area contributed by atoms with Gasteiger partial charge in [-0.15, -0.1) is 0 Å². The molecule has 0 bridgehead atoms. The summed E-state index contributed by atoms with van der Waals surface area (Å²) in [4.78, 5) is 12.5. The number of hydrogen-bond acceptors (Lipinski definition) is 3. The van der Waals surface area contributed by atoms with Crippen LogP contribution in [-0.4, -0.2) is 5.78 Å². The molecule has 0 atom stereocenters. The largest absolute Gasteiger partial charge is 0.452 e. The number of carbonyl (C=O) groups excluding carboxylic acids is 1. The highest BCUT2D eigenvalue weighted by atomic mass is 16.3. The summed E-state index contributed by atoms with van der Waals surface area (Å²) in [6.45, 7) is 2.01. The summed E-state index contributed by atoms with van der Waals surface area (Å²) < 4.78 is 5.73. The molecule has 0 saturated heterocycles.